The molecule has 2 aromatic heterocycles. The van der Waals surface area contributed by atoms with Crippen LogP contribution in [0.2, 0.25) is 0 Å². The second kappa shape index (κ2) is 6.04. The van der Waals surface area contributed by atoms with Crippen LogP contribution in [0.25, 0.3) is 11.0 Å². The van der Waals surface area contributed by atoms with Crippen molar-refractivity contribution in [1.29, 1.82) is 0 Å². The molecular formula is C15H18N4O4S. The lowest BCUT2D eigenvalue weighted by Crippen LogP contribution is -2.38. The SMILES string of the molecule is COC(=O)[C@H](C)Sc1nc(C2CC2)nc2c1c(=O)n(C)c(=O)n2C. The van der Waals surface area contributed by atoms with Crippen molar-refractivity contribution >= 4 is 28.8 Å². The maximum atomic E-state index is 12.6. The van der Waals surface area contributed by atoms with Gasteiger partial charge in [0.1, 0.15) is 21.5 Å². The van der Waals surface area contributed by atoms with E-state index >= 15 is 0 Å². The first-order valence-corrected chi connectivity index (χ1v) is 8.45. The summed E-state index contributed by atoms with van der Waals surface area (Å²) < 4.78 is 7.11. The molecule has 1 aliphatic rings. The van der Waals surface area contributed by atoms with Crippen molar-refractivity contribution < 1.29 is 9.53 Å². The molecule has 8 nitrogen and oxygen atoms in total. The molecule has 0 aliphatic heterocycles. The normalized spacial score (nSPS) is 15.5. The summed E-state index contributed by atoms with van der Waals surface area (Å²) in [5.74, 6) is 0.466. The Morgan fingerprint density at radius 3 is 2.50 bits per heavy atom. The van der Waals surface area contributed by atoms with E-state index in [1.54, 1.807) is 14.0 Å². The van der Waals surface area contributed by atoms with Crippen LogP contribution in [0.4, 0.5) is 0 Å². The molecule has 1 aliphatic carbocycles. The minimum Gasteiger partial charge on any atom is -0.468 e. The molecular weight excluding hydrogens is 332 g/mol. The number of aryl methyl sites for hydroxylation is 1. The molecule has 2 aromatic rings. The lowest BCUT2D eigenvalue weighted by Gasteiger charge is -2.13. The van der Waals surface area contributed by atoms with Crippen LogP contribution in [-0.2, 0) is 23.6 Å². The van der Waals surface area contributed by atoms with E-state index in [4.69, 9.17) is 4.74 Å². The lowest BCUT2D eigenvalue weighted by atomic mass is 10.3. The van der Waals surface area contributed by atoms with Crippen molar-refractivity contribution in [3.05, 3.63) is 26.7 Å². The number of hydrogen-bond acceptors (Lipinski definition) is 7. The Morgan fingerprint density at radius 1 is 1.25 bits per heavy atom. The largest absolute Gasteiger partial charge is 0.468 e. The number of hydrogen-bond donors (Lipinski definition) is 0. The highest BCUT2D eigenvalue weighted by atomic mass is 32.2. The summed E-state index contributed by atoms with van der Waals surface area (Å²) >= 11 is 1.15. The molecule has 9 heteroatoms. The number of carbonyl (C=O) groups is 1. The number of methoxy groups -OCH3 is 1. The standard InChI is InChI=1S/C15H18N4O4S/c1-7(14(21)23-4)24-12-9-11(16-10(17-12)8-5-6-8)18(2)15(22)19(3)13(9)20/h7-8H,5-6H2,1-4H3/t7-/m0/s1. The van der Waals surface area contributed by atoms with Crippen LogP contribution >= 0.6 is 11.8 Å². The highest BCUT2D eigenvalue weighted by molar-refractivity contribution is 8.00. The van der Waals surface area contributed by atoms with Crippen LogP contribution in [0.3, 0.4) is 0 Å². The van der Waals surface area contributed by atoms with Gasteiger partial charge in [-0.3, -0.25) is 18.7 Å². The van der Waals surface area contributed by atoms with Crippen LogP contribution in [0.5, 0.6) is 0 Å². The topological polar surface area (TPSA) is 96.1 Å². The molecule has 2 heterocycles. The molecule has 0 bridgehead atoms. The Balaban J connectivity index is 2.27. The van der Waals surface area contributed by atoms with Crippen molar-refractivity contribution in [2.24, 2.45) is 14.1 Å². The van der Waals surface area contributed by atoms with Gasteiger partial charge in [0, 0.05) is 20.0 Å². The molecule has 1 fully saturated rings. The minimum atomic E-state index is -0.526. The number of aromatic nitrogens is 4. The van der Waals surface area contributed by atoms with E-state index in [-0.39, 0.29) is 11.3 Å². The van der Waals surface area contributed by atoms with E-state index in [9.17, 15) is 14.4 Å². The average molecular weight is 350 g/mol. The fourth-order valence-electron chi connectivity index (χ4n) is 2.44. The Labute approximate surface area is 141 Å². The molecule has 1 saturated carbocycles. The number of nitrogens with zero attached hydrogens (tertiary/aromatic N) is 4. The van der Waals surface area contributed by atoms with Crippen LogP contribution < -0.4 is 11.2 Å². The van der Waals surface area contributed by atoms with Crippen molar-refractivity contribution in [1.82, 2.24) is 19.1 Å². The first kappa shape index (κ1) is 16.7. The Hall–Kier alpha value is -2.16. The van der Waals surface area contributed by atoms with Gasteiger partial charge in [-0.2, -0.15) is 0 Å². The van der Waals surface area contributed by atoms with Gasteiger partial charge >= 0.3 is 11.7 Å². The molecule has 0 N–H and O–H groups in total. The van der Waals surface area contributed by atoms with Crippen molar-refractivity contribution in [3.8, 4) is 0 Å². The first-order chi connectivity index (χ1) is 11.3. The molecule has 128 valence electrons. The van der Waals surface area contributed by atoms with Crippen molar-refractivity contribution in [2.45, 2.75) is 36.0 Å². The smallest absolute Gasteiger partial charge is 0.332 e. The Kier molecular flexibility index (Phi) is 4.20. The molecule has 0 unspecified atom stereocenters. The third kappa shape index (κ3) is 2.72. The van der Waals surface area contributed by atoms with E-state index in [1.165, 1.54) is 18.7 Å². The summed E-state index contributed by atoms with van der Waals surface area (Å²) in [6.07, 6.45) is 1.97. The predicted octanol–water partition coefficient (Wildman–Crippen LogP) is 0.558. The fourth-order valence-corrected chi connectivity index (χ4v) is 3.41. The summed E-state index contributed by atoms with van der Waals surface area (Å²) in [7, 11) is 4.30. The van der Waals surface area contributed by atoms with Gasteiger partial charge in [0.25, 0.3) is 5.56 Å². The monoisotopic (exact) mass is 350 g/mol. The molecule has 24 heavy (non-hydrogen) atoms. The quantitative estimate of drug-likeness (QED) is 0.451. The van der Waals surface area contributed by atoms with Gasteiger partial charge in [-0.25, -0.2) is 14.8 Å². The highest BCUT2D eigenvalue weighted by Gasteiger charge is 2.30. The van der Waals surface area contributed by atoms with E-state index in [0.717, 1.165) is 29.2 Å². The second-order valence-corrected chi connectivity index (χ2v) is 7.18. The van der Waals surface area contributed by atoms with Crippen LogP contribution in [-0.4, -0.2) is 37.4 Å². The Bertz CT molecular complexity index is 945. The number of fused-ring (bicyclic) bond motifs is 1. The number of thioether (sulfide) groups is 1. The molecule has 1 atom stereocenters. The number of carbonyl (C=O) groups excluding carboxylic acids is 1. The molecule has 0 saturated heterocycles. The van der Waals surface area contributed by atoms with E-state index < -0.39 is 22.5 Å². The molecule has 0 aromatic carbocycles. The first-order valence-electron chi connectivity index (χ1n) is 7.57. The number of ether oxygens (including phenoxy) is 1. The van der Waals surface area contributed by atoms with Gasteiger partial charge in [-0.1, -0.05) is 11.8 Å². The maximum absolute atomic E-state index is 12.6. The minimum absolute atomic E-state index is 0.251. The zero-order chi connectivity index (χ0) is 17.6. The zero-order valence-corrected chi connectivity index (χ0v) is 14.7. The fraction of sp³-hybridized carbons (Fsp3) is 0.533. The third-order valence-corrected chi connectivity index (χ3v) is 5.11. The number of esters is 1. The molecule has 3 rings (SSSR count). The van der Waals surface area contributed by atoms with E-state index in [0.29, 0.717) is 16.5 Å². The predicted molar refractivity (Wildman–Crippen MR) is 89.3 cm³/mol. The summed E-state index contributed by atoms with van der Waals surface area (Å²) in [4.78, 5) is 45.4. The molecule has 0 amide bonds. The zero-order valence-electron chi connectivity index (χ0n) is 13.9. The summed E-state index contributed by atoms with van der Waals surface area (Å²) in [5, 5.41) is 0.142. The maximum Gasteiger partial charge on any atom is 0.332 e. The van der Waals surface area contributed by atoms with Gasteiger partial charge in [0.2, 0.25) is 0 Å². The van der Waals surface area contributed by atoms with E-state index in [1.807, 2.05) is 0 Å². The molecule has 0 radical (unpaired) electrons. The van der Waals surface area contributed by atoms with Gasteiger partial charge in [0.05, 0.1) is 7.11 Å². The molecule has 0 spiro atoms. The second-order valence-electron chi connectivity index (χ2n) is 5.85. The number of rotatable bonds is 4. The van der Waals surface area contributed by atoms with Gasteiger partial charge in [0.15, 0.2) is 5.65 Å². The summed E-state index contributed by atoms with van der Waals surface area (Å²) in [5.41, 5.74) is -0.598. The lowest BCUT2D eigenvalue weighted by molar-refractivity contribution is -0.139. The van der Waals surface area contributed by atoms with Gasteiger partial charge in [-0.05, 0) is 19.8 Å². The van der Waals surface area contributed by atoms with Crippen molar-refractivity contribution in [3.63, 3.8) is 0 Å². The highest BCUT2D eigenvalue weighted by Crippen LogP contribution is 2.39. The average Bonchev–Trinajstić information content (AvgIpc) is 3.41. The van der Waals surface area contributed by atoms with E-state index in [2.05, 4.69) is 9.97 Å². The van der Waals surface area contributed by atoms with Crippen LogP contribution in [0, 0.1) is 0 Å². The Morgan fingerprint density at radius 2 is 1.92 bits per heavy atom. The van der Waals surface area contributed by atoms with Crippen molar-refractivity contribution in [2.75, 3.05) is 7.11 Å². The summed E-state index contributed by atoms with van der Waals surface area (Å²) in [6, 6.07) is 0. The summed E-state index contributed by atoms with van der Waals surface area (Å²) in [6.45, 7) is 1.69. The van der Waals surface area contributed by atoms with Crippen LogP contribution in [0.15, 0.2) is 14.6 Å². The van der Waals surface area contributed by atoms with Crippen LogP contribution in [0.1, 0.15) is 31.5 Å². The van der Waals surface area contributed by atoms with Gasteiger partial charge in [-0.15, -0.1) is 0 Å². The third-order valence-electron chi connectivity index (χ3n) is 4.05. The van der Waals surface area contributed by atoms with Gasteiger partial charge < -0.3 is 4.74 Å².